The largest absolute Gasteiger partial charge is 0.454 e. The van der Waals surface area contributed by atoms with Gasteiger partial charge in [0.25, 0.3) is 5.91 Å². The summed E-state index contributed by atoms with van der Waals surface area (Å²) in [5.74, 6) is 1.90. The number of benzene rings is 2. The van der Waals surface area contributed by atoms with Crippen molar-refractivity contribution in [3.8, 4) is 22.8 Å². The number of hydrogen-bond donors (Lipinski definition) is 1. The lowest BCUT2D eigenvalue weighted by atomic mass is 10.0. The maximum Gasteiger partial charge on any atom is 0.252 e. The highest BCUT2D eigenvalue weighted by Crippen LogP contribution is 2.36. The van der Waals surface area contributed by atoms with Gasteiger partial charge in [0, 0.05) is 17.5 Å². The molecule has 27 heavy (non-hydrogen) atoms. The third-order valence-electron chi connectivity index (χ3n) is 4.64. The van der Waals surface area contributed by atoms with Crippen LogP contribution >= 0.6 is 0 Å². The van der Waals surface area contributed by atoms with Crippen LogP contribution in [0.5, 0.6) is 11.5 Å². The number of fused-ring (bicyclic) bond motifs is 2. The second kappa shape index (κ2) is 7.27. The summed E-state index contributed by atoms with van der Waals surface area (Å²) in [5, 5.41) is 3.88. The van der Waals surface area contributed by atoms with E-state index in [0.29, 0.717) is 23.8 Å². The van der Waals surface area contributed by atoms with Crippen molar-refractivity contribution in [3.05, 3.63) is 54.1 Å². The number of nitrogens with one attached hydrogen (secondary N) is 1. The van der Waals surface area contributed by atoms with Gasteiger partial charge in [-0.05, 0) is 42.7 Å². The number of rotatable bonds is 5. The number of nitrogens with zero attached hydrogens (tertiary/aromatic N) is 1. The lowest BCUT2D eigenvalue weighted by Gasteiger charge is -2.11. The Kier molecular flexibility index (Phi) is 4.67. The van der Waals surface area contributed by atoms with E-state index in [9.17, 15) is 4.79 Å². The Bertz CT molecular complexity index is 998. The van der Waals surface area contributed by atoms with E-state index in [0.717, 1.165) is 34.3 Å². The van der Waals surface area contributed by atoms with E-state index in [-0.39, 0.29) is 12.7 Å². The van der Waals surface area contributed by atoms with Gasteiger partial charge in [0.15, 0.2) is 11.5 Å². The van der Waals surface area contributed by atoms with Crippen LogP contribution in [0.3, 0.4) is 0 Å². The number of carbonyl (C=O) groups excluding carboxylic acids is 1. The number of ether oxygens (including phenoxy) is 2. The van der Waals surface area contributed by atoms with E-state index >= 15 is 0 Å². The molecular formula is C22H22N2O3. The van der Waals surface area contributed by atoms with Crippen LogP contribution in [0.1, 0.15) is 30.6 Å². The van der Waals surface area contributed by atoms with Crippen LogP contribution in [0.4, 0.5) is 0 Å². The fourth-order valence-electron chi connectivity index (χ4n) is 3.14. The lowest BCUT2D eigenvalue weighted by molar-refractivity contribution is 0.0953. The van der Waals surface area contributed by atoms with Crippen LogP contribution in [-0.2, 0) is 0 Å². The predicted molar refractivity (Wildman–Crippen MR) is 105 cm³/mol. The van der Waals surface area contributed by atoms with Crippen molar-refractivity contribution in [2.24, 2.45) is 5.92 Å². The summed E-state index contributed by atoms with van der Waals surface area (Å²) < 4.78 is 10.9. The molecule has 4 rings (SSSR count). The second-order valence-electron chi connectivity index (χ2n) is 7.08. The van der Waals surface area contributed by atoms with Crippen molar-refractivity contribution in [2.75, 3.05) is 13.3 Å². The molecule has 0 unspecified atom stereocenters. The predicted octanol–water partition coefficient (Wildman–Crippen LogP) is 4.41. The fourth-order valence-corrected chi connectivity index (χ4v) is 3.14. The van der Waals surface area contributed by atoms with Crippen molar-refractivity contribution in [1.29, 1.82) is 0 Å². The van der Waals surface area contributed by atoms with Crippen LogP contribution in [0.2, 0.25) is 0 Å². The summed E-state index contributed by atoms with van der Waals surface area (Å²) >= 11 is 0. The molecule has 0 atom stereocenters. The fraction of sp³-hybridized carbons (Fsp3) is 0.273. The molecule has 2 heterocycles. The molecule has 0 fully saturated rings. The van der Waals surface area contributed by atoms with E-state index in [4.69, 9.17) is 14.5 Å². The third kappa shape index (κ3) is 3.58. The van der Waals surface area contributed by atoms with Crippen molar-refractivity contribution >= 4 is 16.8 Å². The Morgan fingerprint density at radius 3 is 2.78 bits per heavy atom. The van der Waals surface area contributed by atoms with E-state index in [2.05, 4.69) is 19.2 Å². The Balaban J connectivity index is 1.73. The third-order valence-corrected chi connectivity index (χ3v) is 4.64. The van der Waals surface area contributed by atoms with E-state index in [1.807, 2.05) is 48.5 Å². The smallest absolute Gasteiger partial charge is 0.252 e. The Labute approximate surface area is 158 Å². The average Bonchev–Trinajstić information content (AvgIpc) is 3.14. The summed E-state index contributed by atoms with van der Waals surface area (Å²) in [6.07, 6.45) is 0.948. The molecule has 1 N–H and O–H groups in total. The maximum atomic E-state index is 12.8. The van der Waals surface area contributed by atoms with Gasteiger partial charge in [-0.3, -0.25) is 4.79 Å². The van der Waals surface area contributed by atoms with E-state index in [1.165, 1.54) is 0 Å². The molecule has 1 amide bonds. The molecule has 1 aliphatic heterocycles. The molecule has 1 aromatic heterocycles. The molecule has 0 bridgehead atoms. The summed E-state index contributed by atoms with van der Waals surface area (Å²) in [6.45, 7) is 5.18. The topological polar surface area (TPSA) is 60.5 Å². The van der Waals surface area contributed by atoms with Crippen LogP contribution in [-0.4, -0.2) is 24.2 Å². The van der Waals surface area contributed by atoms with Gasteiger partial charge in [-0.1, -0.05) is 32.0 Å². The SMILES string of the molecule is CC(C)CCNC(=O)c1cc(-c2ccc3c(c2)OCO3)nc2ccccc12. The number of para-hydroxylation sites is 1. The minimum atomic E-state index is -0.0729. The molecular weight excluding hydrogens is 340 g/mol. The number of pyridine rings is 1. The molecule has 5 heteroatoms. The van der Waals surface area contributed by atoms with Gasteiger partial charge in [0.1, 0.15) is 0 Å². The molecule has 138 valence electrons. The van der Waals surface area contributed by atoms with Crippen LogP contribution in [0.25, 0.3) is 22.2 Å². The normalized spacial score (nSPS) is 12.6. The minimum absolute atomic E-state index is 0.0729. The molecule has 0 spiro atoms. The van der Waals surface area contributed by atoms with Crippen molar-refractivity contribution in [3.63, 3.8) is 0 Å². The summed E-state index contributed by atoms with van der Waals surface area (Å²) in [6, 6.07) is 15.3. The van der Waals surface area contributed by atoms with Crippen molar-refractivity contribution in [2.45, 2.75) is 20.3 Å². The monoisotopic (exact) mass is 362 g/mol. The van der Waals surface area contributed by atoms with Crippen molar-refractivity contribution < 1.29 is 14.3 Å². The number of carbonyl (C=O) groups is 1. The number of amides is 1. The number of hydrogen-bond acceptors (Lipinski definition) is 4. The molecule has 2 aromatic carbocycles. The molecule has 0 saturated heterocycles. The molecule has 5 nitrogen and oxygen atoms in total. The molecule has 1 aliphatic rings. The highest BCUT2D eigenvalue weighted by Gasteiger charge is 2.17. The van der Waals surface area contributed by atoms with Gasteiger partial charge in [-0.25, -0.2) is 4.98 Å². The van der Waals surface area contributed by atoms with Gasteiger partial charge in [0.05, 0.1) is 16.8 Å². The van der Waals surface area contributed by atoms with Gasteiger partial charge in [-0.15, -0.1) is 0 Å². The van der Waals surface area contributed by atoms with Crippen LogP contribution in [0.15, 0.2) is 48.5 Å². The highest BCUT2D eigenvalue weighted by molar-refractivity contribution is 6.07. The Morgan fingerprint density at radius 1 is 1.11 bits per heavy atom. The zero-order chi connectivity index (χ0) is 18.8. The zero-order valence-corrected chi connectivity index (χ0v) is 15.5. The van der Waals surface area contributed by atoms with E-state index in [1.54, 1.807) is 0 Å². The number of aromatic nitrogens is 1. The van der Waals surface area contributed by atoms with Crippen LogP contribution in [0, 0.1) is 5.92 Å². The maximum absolute atomic E-state index is 12.8. The molecule has 0 aliphatic carbocycles. The molecule has 3 aromatic rings. The molecule has 0 saturated carbocycles. The van der Waals surface area contributed by atoms with Gasteiger partial charge in [0.2, 0.25) is 6.79 Å². The Morgan fingerprint density at radius 2 is 1.93 bits per heavy atom. The summed E-state index contributed by atoms with van der Waals surface area (Å²) in [5.41, 5.74) is 3.06. The van der Waals surface area contributed by atoms with Crippen LogP contribution < -0.4 is 14.8 Å². The van der Waals surface area contributed by atoms with Gasteiger partial charge in [-0.2, -0.15) is 0 Å². The summed E-state index contributed by atoms with van der Waals surface area (Å²) in [4.78, 5) is 17.6. The first kappa shape index (κ1) is 17.3. The minimum Gasteiger partial charge on any atom is -0.454 e. The summed E-state index contributed by atoms with van der Waals surface area (Å²) in [7, 11) is 0. The first-order chi connectivity index (χ1) is 13.1. The Hall–Kier alpha value is -3.08. The second-order valence-corrected chi connectivity index (χ2v) is 7.08. The zero-order valence-electron chi connectivity index (χ0n) is 15.5. The van der Waals surface area contributed by atoms with Gasteiger partial charge < -0.3 is 14.8 Å². The van der Waals surface area contributed by atoms with Crippen molar-refractivity contribution in [1.82, 2.24) is 10.3 Å². The lowest BCUT2D eigenvalue weighted by Crippen LogP contribution is -2.25. The van der Waals surface area contributed by atoms with Gasteiger partial charge >= 0.3 is 0 Å². The van der Waals surface area contributed by atoms with E-state index < -0.39 is 0 Å². The highest BCUT2D eigenvalue weighted by atomic mass is 16.7. The molecule has 0 radical (unpaired) electrons. The first-order valence-corrected chi connectivity index (χ1v) is 9.20. The first-order valence-electron chi connectivity index (χ1n) is 9.20. The quantitative estimate of drug-likeness (QED) is 0.730. The average molecular weight is 362 g/mol. The standard InChI is InChI=1S/C22H22N2O3/c1-14(2)9-10-23-22(25)17-12-19(24-18-6-4-3-5-16(17)18)15-7-8-20-21(11-15)27-13-26-20/h3-8,11-12,14H,9-10,13H2,1-2H3,(H,23,25).